The standard InChI is InChI=1S/C20H25N3O2/c1-15(24)23(14-19(25)22-17-10-4-2-3-5-11-17)18-12-6-8-16-9-7-13-21-20(16)18/h6-9,12-13,17H,2-5,10-11,14H2,1H3,(H,22,25). The number of anilines is 1. The molecule has 1 saturated carbocycles. The summed E-state index contributed by atoms with van der Waals surface area (Å²) >= 11 is 0. The largest absolute Gasteiger partial charge is 0.352 e. The molecule has 1 aromatic carbocycles. The van der Waals surface area contributed by atoms with Crippen molar-refractivity contribution in [3.05, 3.63) is 36.5 Å². The molecule has 132 valence electrons. The van der Waals surface area contributed by atoms with E-state index in [1.807, 2.05) is 30.3 Å². The molecule has 5 heteroatoms. The average molecular weight is 339 g/mol. The highest BCUT2D eigenvalue weighted by molar-refractivity contribution is 6.04. The van der Waals surface area contributed by atoms with Gasteiger partial charge in [-0.1, -0.05) is 43.9 Å². The first-order valence-electron chi connectivity index (χ1n) is 9.06. The average Bonchev–Trinajstić information content (AvgIpc) is 2.88. The van der Waals surface area contributed by atoms with E-state index < -0.39 is 0 Å². The second kappa shape index (κ2) is 8.10. The quantitative estimate of drug-likeness (QED) is 0.868. The van der Waals surface area contributed by atoms with E-state index in [4.69, 9.17) is 0 Å². The predicted molar refractivity (Wildman–Crippen MR) is 99.4 cm³/mol. The molecule has 1 aliphatic rings. The van der Waals surface area contributed by atoms with Gasteiger partial charge < -0.3 is 10.2 Å². The molecule has 1 aliphatic carbocycles. The zero-order chi connectivity index (χ0) is 17.6. The molecule has 0 bridgehead atoms. The summed E-state index contributed by atoms with van der Waals surface area (Å²) in [5, 5.41) is 4.06. The molecule has 1 aromatic heterocycles. The minimum absolute atomic E-state index is 0.0293. The van der Waals surface area contributed by atoms with Crippen molar-refractivity contribution < 1.29 is 9.59 Å². The molecule has 1 N–H and O–H groups in total. The van der Waals surface area contributed by atoms with Crippen LogP contribution in [0.3, 0.4) is 0 Å². The van der Waals surface area contributed by atoms with Crippen LogP contribution in [0.15, 0.2) is 36.5 Å². The van der Waals surface area contributed by atoms with Crippen molar-refractivity contribution in [2.45, 2.75) is 51.5 Å². The number of nitrogens with one attached hydrogen (secondary N) is 1. The van der Waals surface area contributed by atoms with Gasteiger partial charge in [0, 0.05) is 24.5 Å². The highest BCUT2D eigenvalue weighted by atomic mass is 16.2. The van der Waals surface area contributed by atoms with Gasteiger partial charge in [0.25, 0.3) is 0 Å². The van der Waals surface area contributed by atoms with Crippen molar-refractivity contribution >= 4 is 28.4 Å². The number of amides is 2. The summed E-state index contributed by atoms with van der Waals surface area (Å²) in [6.07, 6.45) is 8.57. The molecule has 0 spiro atoms. The molecule has 3 rings (SSSR count). The van der Waals surface area contributed by atoms with Gasteiger partial charge in [0.1, 0.15) is 6.54 Å². The van der Waals surface area contributed by atoms with E-state index in [0.29, 0.717) is 5.69 Å². The zero-order valence-electron chi connectivity index (χ0n) is 14.7. The van der Waals surface area contributed by atoms with Gasteiger partial charge in [-0.05, 0) is 25.0 Å². The Labute approximate surface area is 148 Å². The number of pyridine rings is 1. The molecule has 0 radical (unpaired) electrons. The number of rotatable bonds is 4. The number of aromatic nitrogens is 1. The van der Waals surface area contributed by atoms with Crippen LogP contribution in [0.25, 0.3) is 10.9 Å². The molecule has 0 aliphatic heterocycles. The molecule has 5 nitrogen and oxygen atoms in total. The molecule has 0 saturated heterocycles. The fourth-order valence-corrected chi connectivity index (χ4v) is 3.51. The Bertz CT molecular complexity index is 746. The lowest BCUT2D eigenvalue weighted by Gasteiger charge is -2.23. The van der Waals surface area contributed by atoms with Crippen LogP contribution in [0.5, 0.6) is 0 Å². The summed E-state index contributed by atoms with van der Waals surface area (Å²) in [5.74, 6) is -0.260. The zero-order valence-corrected chi connectivity index (χ0v) is 14.7. The van der Waals surface area contributed by atoms with Gasteiger partial charge >= 0.3 is 0 Å². The molecule has 0 atom stereocenters. The minimum atomic E-state index is -0.158. The molecule has 0 unspecified atom stereocenters. The fraction of sp³-hybridized carbons (Fsp3) is 0.450. The molecule has 2 aromatic rings. The van der Waals surface area contributed by atoms with Crippen molar-refractivity contribution in [3.63, 3.8) is 0 Å². The predicted octanol–water partition coefficient (Wildman–Crippen LogP) is 3.43. The summed E-state index contributed by atoms with van der Waals surface area (Å²) in [7, 11) is 0. The van der Waals surface area contributed by atoms with E-state index in [1.54, 1.807) is 6.20 Å². The van der Waals surface area contributed by atoms with Crippen LogP contribution in [0, 0.1) is 0 Å². The first kappa shape index (κ1) is 17.4. The Morgan fingerprint density at radius 1 is 1.12 bits per heavy atom. The van der Waals surface area contributed by atoms with E-state index in [9.17, 15) is 9.59 Å². The van der Waals surface area contributed by atoms with Gasteiger partial charge in [0.05, 0.1) is 11.2 Å². The third-order valence-electron chi connectivity index (χ3n) is 4.80. The van der Waals surface area contributed by atoms with Gasteiger partial charge in [-0.2, -0.15) is 0 Å². The summed E-state index contributed by atoms with van der Waals surface area (Å²) < 4.78 is 0. The number of hydrogen-bond acceptors (Lipinski definition) is 3. The number of para-hydroxylation sites is 1. The van der Waals surface area contributed by atoms with E-state index in [2.05, 4.69) is 10.3 Å². The number of nitrogens with zero attached hydrogens (tertiary/aromatic N) is 2. The highest BCUT2D eigenvalue weighted by Crippen LogP contribution is 2.25. The third-order valence-corrected chi connectivity index (χ3v) is 4.80. The van der Waals surface area contributed by atoms with Crippen LogP contribution < -0.4 is 10.2 Å². The number of carbonyl (C=O) groups excluding carboxylic acids is 2. The maximum Gasteiger partial charge on any atom is 0.240 e. The number of hydrogen-bond donors (Lipinski definition) is 1. The highest BCUT2D eigenvalue weighted by Gasteiger charge is 2.21. The summed E-state index contributed by atoms with van der Waals surface area (Å²) in [4.78, 5) is 30.6. The lowest BCUT2D eigenvalue weighted by atomic mass is 10.1. The Kier molecular flexibility index (Phi) is 5.64. The third kappa shape index (κ3) is 4.35. The van der Waals surface area contributed by atoms with Crippen LogP contribution in [0.4, 0.5) is 5.69 Å². The van der Waals surface area contributed by atoms with Crippen molar-refractivity contribution in [1.82, 2.24) is 10.3 Å². The minimum Gasteiger partial charge on any atom is -0.352 e. The van der Waals surface area contributed by atoms with E-state index >= 15 is 0 Å². The van der Waals surface area contributed by atoms with Crippen molar-refractivity contribution in [2.75, 3.05) is 11.4 Å². The van der Waals surface area contributed by atoms with Crippen LogP contribution in [0.1, 0.15) is 45.4 Å². The van der Waals surface area contributed by atoms with Crippen LogP contribution in [0.2, 0.25) is 0 Å². The fourth-order valence-electron chi connectivity index (χ4n) is 3.51. The normalized spacial score (nSPS) is 15.6. The Balaban J connectivity index is 1.76. The van der Waals surface area contributed by atoms with Crippen molar-refractivity contribution in [2.24, 2.45) is 0 Å². The molecule has 1 fully saturated rings. The van der Waals surface area contributed by atoms with Gasteiger partial charge in [-0.25, -0.2) is 0 Å². The molecular formula is C20H25N3O2. The Morgan fingerprint density at radius 3 is 2.56 bits per heavy atom. The lowest BCUT2D eigenvalue weighted by Crippen LogP contribution is -2.43. The van der Waals surface area contributed by atoms with Gasteiger partial charge in [0.15, 0.2) is 0 Å². The number of benzene rings is 1. The molecular weight excluding hydrogens is 314 g/mol. The second-order valence-electron chi connectivity index (χ2n) is 6.71. The number of carbonyl (C=O) groups is 2. The van der Waals surface area contributed by atoms with Crippen molar-refractivity contribution in [1.29, 1.82) is 0 Å². The first-order valence-corrected chi connectivity index (χ1v) is 9.06. The smallest absolute Gasteiger partial charge is 0.240 e. The first-order chi connectivity index (χ1) is 12.1. The summed E-state index contributed by atoms with van der Waals surface area (Å²) in [5.41, 5.74) is 1.42. The topological polar surface area (TPSA) is 62.3 Å². The monoisotopic (exact) mass is 339 g/mol. The Hall–Kier alpha value is -2.43. The van der Waals surface area contributed by atoms with E-state index in [0.717, 1.165) is 36.6 Å². The molecule has 2 amide bonds. The molecule has 25 heavy (non-hydrogen) atoms. The van der Waals surface area contributed by atoms with Gasteiger partial charge in [-0.3, -0.25) is 14.6 Å². The SMILES string of the molecule is CC(=O)N(CC(=O)NC1CCCCCC1)c1cccc2cccnc12. The molecule has 1 heterocycles. The lowest BCUT2D eigenvalue weighted by molar-refractivity contribution is -0.123. The summed E-state index contributed by atoms with van der Waals surface area (Å²) in [6, 6.07) is 9.73. The van der Waals surface area contributed by atoms with E-state index in [-0.39, 0.29) is 24.4 Å². The second-order valence-corrected chi connectivity index (χ2v) is 6.71. The van der Waals surface area contributed by atoms with Gasteiger partial charge in [-0.15, -0.1) is 0 Å². The summed E-state index contributed by atoms with van der Waals surface area (Å²) in [6.45, 7) is 1.52. The van der Waals surface area contributed by atoms with Gasteiger partial charge in [0.2, 0.25) is 11.8 Å². The van der Waals surface area contributed by atoms with Crippen LogP contribution >= 0.6 is 0 Å². The Morgan fingerprint density at radius 2 is 1.84 bits per heavy atom. The van der Waals surface area contributed by atoms with Crippen LogP contribution in [-0.2, 0) is 9.59 Å². The van der Waals surface area contributed by atoms with Crippen LogP contribution in [-0.4, -0.2) is 29.4 Å². The maximum atomic E-state index is 12.5. The van der Waals surface area contributed by atoms with E-state index in [1.165, 1.54) is 24.7 Å². The number of fused-ring (bicyclic) bond motifs is 1. The maximum absolute atomic E-state index is 12.5. The van der Waals surface area contributed by atoms with Crippen molar-refractivity contribution in [3.8, 4) is 0 Å².